The number of rotatable bonds is 4. The molecule has 5 nitrogen and oxygen atoms in total. The number of benzene rings is 2. The van der Waals surface area contributed by atoms with Gasteiger partial charge in [0.1, 0.15) is 10.7 Å². The van der Waals surface area contributed by atoms with Crippen LogP contribution in [0.1, 0.15) is 29.6 Å². The lowest BCUT2D eigenvalue weighted by Gasteiger charge is -2.26. The summed E-state index contributed by atoms with van der Waals surface area (Å²) in [6.45, 7) is 0.623. The largest absolute Gasteiger partial charge is 0.319 e. The first-order valence-electron chi connectivity index (χ1n) is 8.36. The molecular weight excluding hydrogens is 398 g/mol. The van der Waals surface area contributed by atoms with E-state index in [2.05, 4.69) is 5.32 Å². The molecule has 0 aromatic heterocycles. The minimum Gasteiger partial charge on any atom is -0.319 e. The number of halogens is 3. The van der Waals surface area contributed by atoms with Crippen molar-refractivity contribution in [1.82, 2.24) is 4.31 Å². The van der Waals surface area contributed by atoms with Gasteiger partial charge in [-0.05, 0) is 43.2 Å². The molecule has 3 rings (SSSR count). The fourth-order valence-electron chi connectivity index (χ4n) is 2.88. The third-order valence-electron chi connectivity index (χ3n) is 4.33. The highest BCUT2D eigenvalue weighted by Crippen LogP contribution is 2.26. The molecule has 1 aliphatic heterocycles. The van der Waals surface area contributed by atoms with E-state index >= 15 is 0 Å². The molecule has 2 aromatic carbocycles. The molecule has 0 atom stereocenters. The van der Waals surface area contributed by atoms with Gasteiger partial charge in [0, 0.05) is 18.7 Å². The molecule has 0 aliphatic carbocycles. The van der Waals surface area contributed by atoms with Gasteiger partial charge in [-0.15, -0.1) is 0 Å². The minimum absolute atomic E-state index is 0.105. The Morgan fingerprint density at radius 1 is 1.07 bits per heavy atom. The molecule has 2 aromatic rings. The normalized spacial score (nSPS) is 15.5. The van der Waals surface area contributed by atoms with Gasteiger partial charge in [0.05, 0.1) is 10.7 Å². The number of amides is 1. The Morgan fingerprint density at radius 3 is 2.48 bits per heavy atom. The van der Waals surface area contributed by atoms with Crippen molar-refractivity contribution in [3.63, 3.8) is 0 Å². The summed E-state index contributed by atoms with van der Waals surface area (Å²) in [4.78, 5) is 11.8. The van der Waals surface area contributed by atoms with Crippen LogP contribution in [0.2, 0.25) is 5.02 Å². The quantitative estimate of drug-likeness (QED) is 0.820. The van der Waals surface area contributed by atoms with Crippen LogP contribution in [0.3, 0.4) is 0 Å². The van der Waals surface area contributed by atoms with Crippen molar-refractivity contribution in [2.75, 3.05) is 18.4 Å². The fraction of sp³-hybridized carbons (Fsp3) is 0.278. The van der Waals surface area contributed by atoms with E-state index in [1.165, 1.54) is 22.5 Å². The number of carbonyl (C=O) groups excluding carboxylic acids is 1. The van der Waals surface area contributed by atoms with E-state index in [-0.39, 0.29) is 16.3 Å². The summed E-state index contributed by atoms with van der Waals surface area (Å²) in [5.74, 6) is -2.52. The van der Waals surface area contributed by atoms with E-state index in [0.29, 0.717) is 25.9 Å². The molecule has 0 radical (unpaired) electrons. The van der Waals surface area contributed by atoms with Crippen molar-refractivity contribution in [2.24, 2.45) is 0 Å². The molecule has 0 spiro atoms. The van der Waals surface area contributed by atoms with Crippen LogP contribution in [0.5, 0.6) is 0 Å². The van der Waals surface area contributed by atoms with Crippen LogP contribution in [0.25, 0.3) is 0 Å². The Labute approximate surface area is 161 Å². The Morgan fingerprint density at radius 2 is 1.78 bits per heavy atom. The van der Waals surface area contributed by atoms with Crippen molar-refractivity contribution in [3.05, 3.63) is 58.6 Å². The standard InChI is InChI=1S/C18H17ClF2N2O3S/c19-13-5-4-6-15(17(13)21)22-18(24)12-7-8-14(20)16(11-12)27(25,26)23-9-2-1-3-10-23/h4-8,11H,1-3,9-10H2,(H,22,24). The van der Waals surface area contributed by atoms with Crippen LogP contribution in [0, 0.1) is 11.6 Å². The van der Waals surface area contributed by atoms with E-state index in [1.807, 2.05) is 0 Å². The Bertz CT molecular complexity index is 977. The van der Waals surface area contributed by atoms with Crippen LogP contribution in [0.4, 0.5) is 14.5 Å². The van der Waals surface area contributed by atoms with Crippen LogP contribution in [-0.2, 0) is 10.0 Å². The average Bonchev–Trinajstić information content (AvgIpc) is 2.66. The molecule has 1 N–H and O–H groups in total. The molecule has 0 saturated carbocycles. The maximum Gasteiger partial charge on any atom is 0.255 e. The van der Waals surface area contributed by atoms with Gasteiger partial charge < -0.3 is 5.32 Å². The fourth-order valence-corrected chi connectivity index (χ4v) is 4.66. The van der Waals surface area contributed by atoms with Crippen molar-refractivity contribution in [1.29, 1.82) is 0 Å². The molecule has 27 heavy (non-hydrogen) atoms. The van der Waals surface area contributed by atoms with Crippen molar-refractivity contribution < 1.29 is 22.0 Å². The summed E-state index contributed by atoms with van der Waals surface area (Å²) in [5, 5.41) is 2.15. The Kier molecular flexibility index (Phi) is 5.78. The van der Waals surface area contributed by atoms with E-state index in [9.17, 15) is 22.0 Å². The van der Waals surface area contributed by atoms with Gasteiger partial charge in [0.15, 0.2) is 5.82 Å². The first-order chi connectivity index (χ1) is 12.8. The second-order valence-electron chi connectivity index (χ2n) is 6.17. The predicted octanol–water partition coefficient (Wildman–Crippen LogP) is 4.05. The Balaban J connectivity index is 1.90. The monoisotopic (exact) mass is 414 g/mol. The third kappa shape index (κ3) is 4.12. The van der Waals surface area contributed by atoms with Gasteiger partial charge in [-0.1, -0.05) is 24.1 Å². The van der Waals surface area contributed by atoms with Crippen LogP contribution in [-0.4, -0.2) is 31.7 Å². The second-order valence-corrected chi connectivity index (χ2v) is 8.48. The smallest absolute Gasteiger partial charge is 0.255 e. The molecule has 144 valence electrons. The number of hydrogen-bond donors (Lipinski definition) is 1. The lowest BCUT2D eigenvalue weighted by molar-refractivity contribution is 0.102. The highest BCUT2D eigenvalue weighted by Gasteiger charge is 2.29. The van der Waals surface area contributed by atoms with Crippen LogP contribution in [0.15, 0.2) is 41.3 Å². The van der Waals surface area contributed by atoms with Crippen molar-refractivity contribution in [3.8, 4) is 0 Å². The average molecular weight is 415 g/mol. The molecular formula is C18H17ClF2N2O3S. The number of nitrogens with zero attached hydrogens (tertiary/aromatic N) is 1. The topological polar surface area (TPSA) is 66.5 Å². The molecule has 1 saturated heterocycles. The van der Waals surface area contributed by atoms with Gasteiger partial charge in [-0.3, -0.25) is 4.79 Å². The molecule has 9 heteroatoms. The zero-order chi connectivity index (χ0) is 19.6. The van der Waals surface area contributed by atoms with E-state index in [4.69, 9.17) is 11.6 Å². The van der Waals surface area contributed by atoms with E-state index in [0.717, 1.165) is 24.6 Å². The lowest BCUT2D eigenvalue weighted by atomic mass is 10.2. The number of sulfonamides is 1. The summed E-state index contributed by atoms with van der Waals surface area (Å²) in [5.41, 5.74) is -0.261. The van der Waals surface area contributed by atoms with Gasteiger partial charge in [0.2, 0.25) is 10.0 Å². The predicted molar refractivity (Wildman–Crippen MR) is 98.4 cm³/mol. The van der Waals surface area contributed by atoms with Gasteiger partial charge in [-0.2, -0.15) is 4.31 Å². The number of carbonyl (C=O) groups is 1. The lowest BCUT2D eigenvalue weighted by Crippen LogP contribution is -2.36. The summed E-state index contributed by atoms with van der Waals surface area (Å²) >= 11 is 5.67. The van der Waals surface area contributed by atoms with Crippen LogP contribution < -0.4 is 5.32 Å². The van der Waals surface area contributed by atoms with E-state index < -0.39 is 32.5 Å². The molecule has 0 bridgehead atoms. The number of anilines is 1. The van der Waals surface area contributed by atoms with E-state index in [1.54, 1.807) is 0 Å². The molecule has 1 amide bonds. The van der Waals surface area contributed by atoms with Crippen molar-refractivity contribution >= 4 is 33.2 Å². The number of nitrogens with one attached hydrogen (secondary N) is 1. The van der Waals surface area contributed by atoms with Crippen LogP contribution >= 0.6 is 11.6 Å². The molecule has 0 unspecified atom stereocenters. The third-order valence-corrected chi connectivity index (χ3v) is 6.53. The number of hydrogen-bond acceptors (Lipinski definition) is 3. The maximum atomic E-state index is 14.2. The molecule has 1 fully saturated rings. The van der Waals surface area contributed by atoms with Crippen molar-refractivity contribution in [2.45, 2.75) is 24.2 Å². The summed E-state index contributed by atoms with van der Waals surface area (Å²) < 4.78 is 54.8. The summed E-state index contributed by atoms with van der Waals surface area (Å²) in [6, 6.07) is 7.12. The summed E-state index contributed by atoms with van der Waals surface area (Å²) in [7, 11) is -4.05. The zero-order valence-electron chi connectivity index (χ0n) is 14.2. The number of piperidine rings is 1. The summed E-state index contributed by atoms with van der Waals surface area (Å²) in [6.07, 6.45) is 2.33. The SMILES string of the molecule is O=C(Nc1cccc(Cl)c1F)c1ccc(F)c(S(=O)(=O)N2CCCCC2)c1. The first kappa shape index (κ1) is 19.7. The highest BCUT2D eigenvalue weighted by molar-refractivity contribution is 7.89. The molecule has 1 heterocycles. The maximum absolute atomic E-state index is 14.2. The first-order valence-corrected chi connectivity index (χ1v) is 10.2. The van der Waals surface area contributed by atoms with Gasteiger partial charge in [-0.25, -0.2) is 17.2 Å². The van der Waals surface area contributed by atoms with Gasteiger partial charge in [0.25, 0.3) is 5.91 Å². The zero-order valence-corrected chi connectivity index (χ0v) is 15.8. The Hall–Kier alpha value is -2.03. The van der Waals surface area contributed by atoms with Gasteiger partial charge >= 0.3 is 0 Å². The minimum atomic E-state index is -4.05. The second kappa shape index (κ2) is 7.92. The highest BCUT2D eigenvalue weighted by atomic mass is 35.5. The molecule has 1 aliphatic rings.